The maximum atomic E-state index is 13.9. The van der Waals surface area contributed by atoms with Crippen molar-refractivity contribution in [1.29, 1.82) is 0 Å². The lowest BCUT2D eigenvalue weighted by Gasteiger charge is -2.17. The molecule has 0 saturated heterocycles. The van der Waals surface area contributed by atoms with Crippen molar-refractivity contribution in [3.8, 4) is 0 Å². The number of benzene rings is 3. The highest BCUT2D eigenvalue weighted by atomic mass is 32.2. The lowest BCUT2D eigenvalue weighted by Crippen LogP contribution is -2.27. The molecule has 0 fully saturated rings. The first kappa shape index (κ1) is 26.5. The molecule has 0 aromatic heterocycles. The minimum atomic E-state index is -3.28. The molecule has 0 bridgehead atoms. The van der Waals surface area contributed by atoms with Crippen molar-refractivity contribution >= 4 is 38.6 Å². The molecule has 3 aromatic rings. The Hall–Kier alpha value is -3.53. The Balaban J connectivity index is 1.72. The van der Waals surface area contributed by atoms with Crippen LogP contribution < -0.4 is 15.4 Å². The van der Waals surface area contributed by atoms with E-state index in [0.29, 0.717) is 28.9 Å². The van der Waals surface area contributed by atoms with Gasteiger partial charge in [0.25, 0.3) is 5.91 Å². The van der Waals surface area contributed by atoms with Crippen LogP contribution in [0.15, 0.2) is 66.7 Å². The number of anilines is 2. The predicted octanol–water partition coefficient (Wildman–Crippen LogP) is 4.30. The second-order valence-corrected chi connectivity index (χ2v) is 11.3. The molecule has 0 aliphatic carbocycles. The third-order valence-corrected chi connectivity index (χ3v) is 7.43. The van der Waals surface area contributed by atoms with E-state index >= 15 is 0 Å². The molecule has 3 aromatic carbocycles. The minimum Gasteiger partial charge on any atom is -0.354 e. The normalized spacial score (nSPS) is 14.5. The van der Waals surface area contributed by atoms with E-state index in [9.17, 15) is 17.6 Å². The molecule has 1 aliphatic rings. The third kappa shape index (κ3) is 6.62. The summed E-state index contributed by atoms with van der Waals surface area (Å²) in [7, 11) is 0.732. The molecule has 37 heavy (non-hydrogen) atoms. The number of nitrogens with one attached hydrogen (secondary N) is 3. The first-order chi connectivity index (χ1) is 17.6. The van der Waals surface area contributed by atoms with Gasteiger partial charge >= 0.3 is 0 Å². The zero-order valence-corrected chi connectivity index (χ0v) is 22.0. The zero-order chi connectivity index (χ0) is 26.6. The molecule has 1 heterocycles. The van der Waals surface area contributed by atoms with Gasteiger partial charge < -0.3 is 15.5 Å². The van der Waals surface area contributed by atoms with Gasteiger partial charge in [0.1, 0.15) is 5.82 Å². The van der Waals surface area contributed by atoms with Crippen LogP contribution in [0.4, 0.5) is 15.8 Å². The number of halogens is 1. The van der Waals surface area contributed by atoms with Gasteiger partial charge in [0.05, 0.1) is 22.7 Å². The van der Waals surface area contributed by atoms with Gasteiger partial charge in [-0.1, -0.05) is 30.3 Å². The van der Waals surface area contributed by atoms with Crippen LogP contribution in [-0.4, -0.2) is 45.6 Å². The van der Waals surface area contributed by atoms with Crippen molar-refractivity contribution in [3.05, 3.63) is 94.8 Å². The van der Waals surface area contributed by atoms with Crippen LogP contribution >= 0.6 is 0 Å². The minimum absolute atomic E-state index is 0.0235. The Morgan fingerprint density at radius 1 is 1.00 bits per heavy atom. The Kier molecular flexibility index (Phi) is 8.06. The summed E-state index contributed by atoms with van der Waals surface area (Å²) in [5, 5.41) is 6.19. The van der Waals surface area contributed by atoms with Crippen LogP contribution in [0, 0.1) is 5.82 Å². The van der Waals surface area contributed by atoms with E-state index in [0.717, 1.165) is 28.9 Å². The lowest BCUT2D eigenvalue weighted by molar-refractivity contribution is -0.110. The fourth-order valence-electron chi connectivity index (χ4n) is 4.21. The van der Waals surface area contributed by atoms with Crippen molar-refractivity contribution in [2.24, 2.45) is 0 Å². The summed E-state index contributed by atoms with van der Waals surface area (Å²) in [4.78, 5) is 15.2. The number of rotatable bonds is 10. The van der Waals surface area contributed by atoms with Crippen LogP contribution in [0.1, 0.15) is 29.2 Å². The molecule has 0 spiro atoms. The molecule has 0 radical (unpaired) electrons. The number of hydrogen-bond acceptors (Lipinski definition) is 5. The maximum absolute atomic E-state index is 13.9. The number of sulfonamides is 1. The molecule has 194 valence electrons. The molecule has 0 atom stereocenters. The van der Waals surface area contributed by atoms with Crippen molar-refractivity contribution in [2.45, 2.75) is 19.9 Å². The van der Waals surface area contributed by atoms with Gasteiger partial charge in [-0.25, -0.2) is 17.5 Å². The van der Waals surface area contributed by atoms with E-state index in [1.54, 1.807) is 13.0 Å². The number of fused-ring (bicyclic) bond motifs is 1. The summed E-state index contributed by atoms with van der Waals surface area (Å²) in [5.74, 6) is -0.730. The van der Waals surface area contributed by atoms with Gasteiger partial charge in [-0.05, 0) is 80.5 Å². The topological polar surface area (TPSA) is 90.5 Å². The molecule has 1 aliphatic heterocycles. The molecule has 3 N–H and O–H groups in total. The quantitative estimate of drug-likeness (QED) is 0.346. The highest BCUT2D eigenvalue weighted by Gasteiger charge is 2.29. The van der Waals surface area contributed by atoms with Gasteiger partial charge in [-0.3, -0.25) is 4.79 Å². The van der Waals surface area contributed by atoms with Crippen molar-refractivity contribution in [1.82, 2.24) is 9.62 Å². The van der Waals surface area contributed by atoms with Gasteiger partial charge in [0, 0.05) is 24.3 Å². The van der Waals surface area contributed by atoms with Gasteiger partial charge in [0.15, 0.2) is 0 Å². The van der Waals surface area contributed by atoms with E-state index in [-0.39, 0.29) is 18.2 Å². The zero-order valence-electron chi connectivity index (χ0n) is 21.1. The van der Waals surface area contributed by atoms with E-state index < -0.39 is 15.8 Å². The van der Waals surface area contributed by atoms with Crippen LogP contribution in [0.2, 0.25) is 0 Å². The molecule has 7 nitrogen and oxygen atoms in total. The molecular weight excluding hydrogens is 491 g/mol. The number of nitrogens with zero attached hydrogens (tertiary/aromatic N) is 1. The summed E-state index contributed by atoms with van der Waals surface area (Å²) in [5.41, 5.74) is 5.65. The first-order valence-corrected chi connectivity index (χ1v) is 13.7. The van der Waals surface area contributed by atoms with E-state index in [2.05, 4.69) is 20.3 Å². The van der Waals surface area contributed by atoms with Crippen LogP contribution in [0.3, 0.4) is 0 Å². The molecule has 9 heteroatoms. The average Bonchev–Trinajstić information content (AvgIpc) is 3.17. The summed E-state index contributed by atoms with van der Waals surface area (Å²) < 4.78 is 40.0. The van der Waals surface area contributed by atoms with E-state index in [4.69, 9.17) is 0 Å². The van der Waals surface area contributed by atoms with E-state index in [1.165, 1.54) is 12.1 Å². The summed E-state index contributed by atoms with van der Waals surface area (Å²) in [6.07, 6.45) is 0.489. The number of amides is 1. The monoisotopic (exact) mass is 522 g/mol. The molecule has 1 amide bonds. The van der Waals surface area contributed by atoms with Gasteiger partial charge in [0.2, 0.25) is 10.0 Å². The standard InChI is InChI=1S/C28H31FN4O3S/c1-4-37(35,36)30-15-14-19-6-5-7-21(16-19)27(31-23-11-8-20(9-12-23)18-33(2)3)26-24-13-10-22(29)17-25(24)32-28(26)34/h5-13,16-17,30-31H,4,14-15,18H2,1-3H3,(H,32,34). The van der Waals surface area contributed by atoms with Crippen molar-refractivity contribution in [3.63, 3.8) is 0 Å². The number of carbonyl (C=O) groups excluding carboxylic acids is 1. The number of carbonyl (C=O) groups is 1. The average molecular weight is 523 g/mol. The SMILES string of the molecule is CCS(=O)(=O)NCCc1cccc(C(Nc2ccc(CN(C)C)cc2)=C2C(=O)Nc3cc(F)ccc32)c1. The fourth-order valence-corrected chi connectivity index (χ4v) is 4.83. The second kappa shape index (κ2) is 11.2. The van der Waals surface area contributed by atoms with Crippen molar-refractivity contribution in [2.75, 3.05) is 37.0 Å². The van der Waals surface area contributed by atoms with Crippen LogP contribution in [-0.2, 0) is 27.8 Å². The Morgan fingerprint density at radius 2 is 1.76 bits per heavy atom. The van der Waals surface area contributed by atoms with E-state index in [1.807, 2.05) is 62.6 Å². The Bertz CT molecular complexity index is 1430. The maximum Gasteiger partial charge on any atom is 0.258 e. The third-order valence-electron chi connectivity index (χ3n) is 6.03. The van der Waals surface area contributed by atoms with Crippen LogP contribution in [0.25, 0.3) is 11.3 Å². The second-order valence-electron chi connectivity index (χ2n) is 9.20. The van der Waals surface area contributed by atoms with Gasteiger partial charge in [-0.2, -0.15) is 0 Å². The first-order valence-electron chi connectivity index (χ1n) is 12.1. The smallest absolute Gasteiger partial charge is 0.258 e. The Morgan fingerprint density at radius 3 is 2.46 bits per heavy atom. The fraction of sp³-hybridized carbons (Fsp3) is 0.250. The summed E-state index contributed by atoms with van der Waals surface area (Å²) in [6.45, 7) is 2.67. The predicted molar refractivity (Wildman–Crippen MR) is 147 cm³/mol. The molecular formula is C28H31FN4O3S. The van der Waals surface area contributed by atoms with Gasteiger partial charge in [-0.15, -0.1) is 0 Å². The Labute approximate surface area is 217 Å². The molecule has 0 unspecified atom stereocenters. The summed E-state index contributed by atoms with van der Waals surface area (Å²) in [6, 6.07) is 19.8. The largest absolute Gasteiger partial charge is 0.354 e. The number of hydrogen-bond donors (Lipinski definition) is 3. The van der Waals surface area contributed by atoms with Crippen molar-refractivity contribution < 1.29 is 17.6 Å². The molecule has 4 rings (SSSR count). The molecule has 0 saturated carbocycles. The summed E-state index contributed by atoms with van der Waals surface area (Å²) >= 11 is 0. The van der Waals surface area contributed by atoms with Crippen LogP contribution in [0.5, 0.6) is 0 Å². The highest BCUT2D eigenvalue weighted by Crippen LogP contribution is 2.38. The lowest BCUT2D eigenvalue weighted by atomic mass is 9.98. The highest BCUT2D eigenvalue weighted by molar-refractivity contribution is 7.89.